The molecule has 4 heterocycles. The molecule has 0 unspecified atom stereocenters. The van der Waals surface area contributed by atoms with Gasteiger partial charge in [0.15, 0.2) is 5.65 Å². The third-order valence-corrected chi connectivity index (χ3v) is 7.01. The Bertz CT molecular complexity index is 1600. The van der Waals surface area contributed by atoms with Crippen LogP contribution in [-0.4, -0.2) is 72.9 Å². The number of piperazine rings is 1. The van der Waals surface area contributed by atoms with Gasteiger partial charge in [0.25, 0.3) is 0 Å². The molecule has 0 aliphatic carbocycles. The van der Waals surface area contributed by atoms with Gasteiger partial charge < -0.3 is 19.1 Å². The van der Waals surface area contributed by atoms with E-state index in [2.05, 4.69) is 19.9 Å². The van der Waals surface area contributed by atoms with Crippen molar-refractivity contribution in [2.75, 3.05) is 24.5 Å². The average molecular weight is 576 g/mol. The van der Waals surface area contributed by atoms with Crippen LogP contribution in [0.1, 0.15) is 26.5 Å². The van der Waals surface area contributed by atoms with E-state index in [4.69, 9.17) is 4.74 Å². The number of carbonyl (C=O) groups excluding carboxylic acids is 1. The maximum Gasteiger partial charge on any atom is 0.427 e. The first kappa shape index (κ1) is 28.2. The van der Waals surface area contributed by atoms with Crippen LogP contribution >= 0.6 is 0 Å². The summed E-state index contributed by atoms with van der Waals surface area (Å²) in [5, 5.41) is 0.530. The Balaban J connectivity index is 1.55. The third-order valence-electron chi connectivity index (χ3n) is 7.01. The number of benzene rings is 1. The SMILES string of the molecule is Cc1nccnc1-c1cn(-c2cc(F)cc(F)c2)c2ncnc(N3CCN(C(=O)OC(C)(C)C(F)(F)F)[C@H](C)C3)c12. The number of aromatic nitrogens is 5. The van der Waals surface area contributed by atoms with E-state index in [1.807, 2.05) is 4.90 Å². The van der Waals surface area contributed by atoms with Crippen molar-refractivity contribution in [2.45, 2.75) is 45.5 Å². The Hall–Kier alpha value is -4.36. The predicted molar refractivity (Wildman–Crippen MR) is 140 cm³/mol. The van der Waals surface area contributed by atoms with Crippen LogP contribution in [0.2, 0.25) is 0 Å². The van der Waals surface area contributed by atoms with E-state index in [0.717, 1.165) is 19.9 Å². The van der Waals surface area contributed by atoms with Gasteiger partial charge in [-0.2, -0.15) is 13.2 Å². The van der Waals surface area contributed by atoms with Gasteiger partial charge in [0.2, 0.25) is 5.60 Å². The molecule has 5 rings (SSSR count). The standard InChI is InChI=1S/C27H26F5N7O2/c1-15-12-37(7-8-38(15)25(40)41-26(3,4)27(30,31)32)23-21-20(22-16(2)33-5-6-34-22)13-39(24(21)36-14-35-23)19-10-17(28)9-18(29)11-19/h5-6,9-11,13-15H,7-8,12H2,1-4H3/t15-/m1/s1. The highest BCUT2D eigenvalue weighted by molar-refractivity contribution is 6.02. The molecule has 216 valence electrons. The summed E-state index contributed by atoms with van der Waals surface area (Å²) in [5.41, 5.74) is -0.441. The molecule has 1 saturated heterocycles. The van der Waals surface area contributed by atoms with Gasteiger partial charge >= 0.3 is 12.3 Å². The fourth-order valence-corrected chi connectivity index (χ4v) is 4.77. The summed E-state index contributed by atoms with van der Waals surface area (Å²) in [5.74, 6) is -1.07. The molecule has 4 aromatic rings. The van der Waals surface area contributed by atoms with Crippen molar-refractivity contribution >= 4 is 22.9 Å². The Kier molecular flexibility index (Phi) is 7.03. The Morgan fingerprint density at radius 1 is 1.00 bits per heavy atom. The van der Waals surface area contributed by atoms with Crippen molar-refractivity contribution < 1.29 is 31.5 Å². The summed E-state index contributed by atoms with van der Waals surface area (Å²) in [4.78, 5) is 33.5. The molecule has 1 aromatic carbocycles. The van der Waals surface area contributed by atoms with Crippen LogP contribution in [0.25, 0.3) is 28.0 Å². The normalized spacial score (nSPS) is 16.4. The van der Waals surface area contributed by atoms with Gasteiger partial charge in [-0.1, -0.05) is 0 Å². The maximum atomic E-state index is 14.2. The molecule has 14 heteroatoms. The number of alkyl halides is 3. The number of halogens is 5. The lowest BCUT2D eigenvalue weighted by Crippen LogP contribution is -2.56. The summed E-state index contributed by atoms with van der Waals surface area (Å²) in [7, 11) is 0. The van der Waals surface area contributed by atoms with Crippen molar-refractivity contribution in [3.63, 3.8) is 0 Å². The minimum atomic E-state index is -4.73. The second-order valence-corrected chi connectivity index (χ2v) is 10.3. The first-order valence-corrected chi connectivity index (χ1v) is 12.7. The van der Waals surface area contributed by atoms with Crippen LogP contribution in [0.4, 0.5) is 32.6 Å². The minimum Gasteiger partial charge on any atom is -0.434 e. The van der Waals surface area contributed by atoms with Crippen molar-refractivity contribution in [3.05, 3.63) is 60.4 Å². The lowest BCUT2D eigenvalue weighted by molar-refractivity contribution is -0.246. The van der Waals surface area contributed by atoms with E-state index in [9.17, 15) is 26.7 Å². The topological polar surface area (TPSA) is 89.3 Å². The zero-order chi connectivity index (χ0) is 29.7. The Morgan fingerprint density at radius 3 is 2.32 bits per heavy atom. The number of carbonyl (C=O) groups is 1. The molecular formula is C27H26F5N7O2. The fraction of sp³-hybridized carbons (Fsp3) is 0.370. The number of fused-ring (bicyclic) bond motifs is 1. The van der Waals surface area contributed by atoms with Crippen LogP contribution in [0.5, 0.6) is 0 Å². The zero-order valence-corrected chi connectivity index (χ0v) is 22.6. The number of aryl methyl sites for hydroxylation is 1. The summed E-state index contributed by atoms with van der Waals surface area (Å²) >= 11 is 0. The number of hydrogen-bond donors (Lipinski definition) is 0. The van der Waals surface area contributed by atoms with Gasteiger partial charge in [-0.15, -0.1) is 0 Å². The van der Waals surface area contributed by atoms with Gasteiger partial charge in [-0.05, 0) is 39.8 Å². The largest absolute Gasteiger partial charge is 0.434 e. The van der Waals surface area contributed by atoms with Gasteiger partial charge in [0.1, 0.15) is 23.8 Å². The smallest absolute Gasteiger partial charge is 0.427 e. The predicted octanol–water partition coefficient (Wildman–Crippen LogP) is 5.45. The summed E-state index contributed by atoms with van der Waals surface area (Å²) < 4.78 is 74.6. The molecule has 3 aromatic heterocycles. The van der Waals surface area contributed by atoms with E-state index in [0.29, 0.717) is 33.8 Å². The number of amides is 1. The number of ether oxygens (including phenoxy) is 1. The van der Waals surface area contributed by atoms with Gasteiger partial charge in [0, 0.05) is 55.9 Å². The van der Waals surface area contributed by atoms with Crippen molar-refractivity contribution in [1.82, 2.24) is 29.4 Å². The molecule has 0 N–H and O–H groups in total. The number of nitrogens with zero attached hydrogens (tertiary/aromatic N) is 7. The van der Waals surface area contributed by atoms with Gasteiger partial charge in [-0.25, -0.2) is 23.5 Å². The van der Waals surface area contributed by atoms with Crippen molar-refractivity contribution in [1.29, 1.82) is 0 Å². The summed E-state index contributed by atoms with van der Waals surface area (Å²) in [6.45, 7) is 5.56. The van der Waals surface area contributed by atoms with Crippen LogP contribution < -0.4 is 4.90 Å². The van der Waals surface area contributed by atoms with Crippen molar-refractivity contribution in [3.8, 4) is 16.9 Å². The second kappa shape index (κ2) is 10.2. The lowest BCUT2D eigenvalue weighted by atomic mass is 10.1. The minimum absolute atomic E-state index is 0.0642. The Labute approximate surface area is 231 Å². The van der Waals surface area contributed by atoms with Gasteiger partial charge in [-0.3, -0.25) is 9.97 Å². The van der Waals surface area contributed by atoms with Crippen LogP contribution in [-0.2, 0) is 4.74 Å². The van der Waals surface area contributed by atoms with Crippen LogP contribution in [0.3, 0.4) is 0 Å². The molecule has 1 amide bonds. The number of hydrogen-bond acceptors (Lipinski definition) is 7. The van der Waals surface area contributed by atoms with E-state index in [1.165, 1.54) is 40.3 Å². The highest BCUT2D eigenvalue weighted by atomic mass is 19.4. The highest BCUT2D eigenvalue weighted by Crippen LogP contribution is 2.38. The summed E-state index contributed by atoms with van der Waals surface area (Å²) in [6, 6.07) is 2.58. The molecule has 0 saturated carbocycles. The highest BCUT2D eigenvalue weighted by Gasteiger charge is 2.51. The zero-order valence-electron chi connectivity index (χ0n) is 22.6. The second-order valence-electron chi connectivity index (χ2n) is 10.3. The maximum absolute atomic E-state index is 14.2. The lowest BCUT2D eigenvalue weighted by Gasteiger charge is -2.41. The first-order chi connectivity index (χ1) is 19.3. The molecule has 41 heavy (non-hydrogen) atoms. The van der Waals surface area contributed by atoms with E-state index >= 15 is 0 Å². The quantitative estimate of drug-likeness (QED) is 0.299. The van der Waals surface area contributed by atoms with Crippen LogP contribution in [0, 0.1) is 18.6 Å². The molecule has 1 aliphatic heterocycles. The van der Waals surface area contributed by atoms with Gasteiger partial charge in [0.05, 0.1) is 22.5 Å². The summed E-state index contributed by atoms with van der Waals surface area (Å²) in [6.07, 6.45) is 0.233. The van der Waals surface area contributed by atoms with E-state index in [1.54, 1.807) is 20.0 Å². The fourth-order valence-electron chi connectivity index (χ4n) is 4.77. The number of anilines is 1. The van der Waals surface area contributed by atoms with Crippen LogP contribution in [0.15, 0.2) is 43.1 Å². The molecule has 0 spiro atoms. The monoisotopic (exact) mass is 575 g/mol. The third kappa shape index (κ3) is 5.25. The molecule has 1 aliphatic rings. The molecule has 1 atom stereocenters. The molecule has 0 bridgehead atoms. The Morgan fingerprint density at radius 2 is 1.68 bits per heavy atom. The van der Waals surface area contributed by atoms with Crippen molar-refractivity contribution in [2.24, 2.45) is 0 Å². The average Bonchev–Trinajstić information content (AvgIpc) is 3.27. The molecule has 9 nitrogen and oxygen atoms in total. The molecule has 1 fully saturated rings. The first-order valence-electron chi connectivity index (χ1n) is 12.7. The molecule has 0 radical (unpaired) electrons. The van der Waals surface area contributed by atoms with E-state index in [-0.39, 0.29) is 25.3 Å². The molecular weight excluding hydrogens is 549 g/mol. The van der Waals surface area contributed by atoms with E-state index < -0.39 is 35.5 Å². The number of rotatable bonds is 4.